The second-order valence-electron chi connectivity index (χ2n) is 4.05. The number of nitrogens with zero attached hydrogens (tertiary/aromatic N) is 2. The van der Waals surface area contributed by atoms with Gasteiger partial charge in [0.1, 0.15) is 6.33 Å². The quantitative estimate of drug-likeness (QED) is 0.842. The Morgan fingerprint density at radius 1 is 1.06 bits per heavy atom. The van der Waals surface area contributed by atoms with Crippen molar-refractivity contribution < 1.29 is 4.74 Å². The Bertz CT molecular complexity index is 473. The maximum Gasteiger partial charge on any atom is 0.115 e. The summed E-state index contributed by atoms with van der Waals surface area (Å²) in [5.74, 6) is 0. The maximum absolute atomic E-state index is 5.19. The third-order valence-corrected chi connectivity index (χ3v) is 2.68. The van der Waals surface area contributed by atoms with Gasteiger partial charge >= 0.3 is 0 Å². The molecule has 0 radical (unpaired) electrons. The highest BCUT2D eigenvalue weighted by Gasteiger charge is 2.01. The van der Waals surface area contributed by atoms with Crippen LogP contribution >= 0.6 is 0 Å². The average Bonchev–Trinajstić information content (AvgIpc) is 2.42. The van der Waals surface area contributed by atoms with Gasteiger partial charge in [-0.2, -0.15) is 0 Å². The summed E-state index contributed by atoms with van der Waals surface area (Å²) in [5.41, 5.74) is 3.56. The number of nitrogens with one attached hydrogen (secondary N) is 1. The van der Waals surface area contributed by atoms with Crippen LogP contribution in [0.4, 0.5) is 0 Å². The highest BCUT2D eigenvalue weighted by molar-refractivity contribution is 5.26. The Kier molecular flexibility index (Phi) is 4.81. The molecular formula is C14H17N3O. The van der Waals surface area contributed by atoms with Crippen molar-refractivity contribution in [2.75, 3.05) is 7.11 Å². The molecule has 0 aliphatic heterocycles. The van der Waals surface area contributed by atoms with Crippen molar-refractivity contribution in [1.82, 2.24) is 15.3 Å². The van der Waals surface area contributed by atoms with Crippen molar-refractivity contribution in [3.05, 3.63) is 59.7 Å². The Hall–Kier alpha value is -1.78. The van der Waals surface area contributed by atoms with E-state index in [1.165, 1.54) is 17.5 Å². The first-order valence-electron chi connectivity index (χ1n) is 5.90. The molecule has 0 saturated heterocycles. The minimum absolute atomic E-state index is 0.645. The number of hydrogen-bond donors (Lipinski definition) is 1. The summed E-state index contributed by atoms with van der Waals surface area (Å²) in [6.07, 6.45) is 5.18. The Morgan fingerprint density at radius 2 is 1.78 bits per heavy atom. The standard InChI is InChI=1S/C14H17N3O/c1-18-10-14-5-3-2-4-13(14)9-15-6-12-7-16-11-17-8-12/h2-5,7-8,11,15H,6,9-10H2,1H3. The van der Waals surface area contributed by atoms with Crippen LogP contribution in [0.5, 0.6) is 0 Å². The highest BCUT2D eigenvalue weighted by Crippen LogP contribution is 2.09. The molecule has 0 aliphatic rings. The van der Waals surface area contributed by atoms with Gasteiger partial charge in [-0.25, -0.2) is 9.97 Å². The van der Waals surface area contributed by atoms with Crippen LogP contribution < -0.4 is 5.32 Å². The summed E-state index contributed by atoms with van der Waals surface area (Å²) in [4.78, 5) is 7.97. The highest BCUT2D eigenvalue weighted by atomic mass is 16.5. The molecule has 0 bridgehead atoms. The van der Waals surface area contributed by atoms with Crippen molar-refractivity contribution in [2.24, 2.45) is 0 Å². The van der Waals surface area contributed by atoms with Gasteiger partial charge in [-0.1, -0.05) is 24.3 Å². The molecule has 4 heteroatoms. The largest absolute Gasteiger partial charge is 0.380 e. The van der Waals surface area contributed by atoms with Gasteiger partial charge in [0.05, 0.1) is 6.61 Å². The number of aromatic nitrogens is 2. The van der Waals surface area contributed by atoms with E-state index < -0.39 is 0 Å². The number of methoxy groups -OCH3 is 1. The summed E-state index contributed by atoms with van der Waals surface area (Å²) >= 11 is 0. The van der Waals surface area contributed by atoms with E-state index in [1.54, 1.807) is 7.11 Å². The minimum atomic E-state index is 0.645. The molecule has 0 saturated carbocycles. The van der Waals surface area contributed by atoms with Gasteiger partial charge in [-0.15, -0.1) is 0 Å². The third kappa shape index (κ3) is 3.61. The number of rotatable bonds is 6. The van der Waals surface area contributed by atoms with E-state index >= 15 is 0 Å². The van der Waals surface area contributed by atoms with E-state index in [4.69, 9.17) is 4.74 Å². The lowest BCUT2D eigenvalue weighted by atomic mass is 10.1. The second kappa shape index (κ2) is 6.83. The molecule has 2 rings (SSSR count). The molecule has 2 aromatic rings. The summed E-state index contributed by atoms with van der Waals surface area (Å²) in [6.45, 7) is 2.23. The Labute approximate surface area is 107 Å². The molecule has 0 atom stereocenters. The fraction of sp³-hybridized carbons (Fsp3) is 0.286. The monoisotopic (exact) mass is 243 g/mol. The van der Waals surface area contributed by atoms with E-state index in [0.29, 0.717) is 6.61 Å². The zero-order valence-corrected chi connectivity index (χ0v) is 10.5. The molecule has 0 fully saturated rings. The zero-order valence-electron chi connectivity index (χ0n) is 10.5. The molecule has 4 nitrogen and oxygen atoms in total. The van der Waals surface area contributed by atoms with E-state index in [-0.39, 0.29) is 0 Å². The SMILES string of the molecule is COCc1ccccc1CNCc1cncnc1. The molecule has 94 valence electrons. The number of hydrogen-bond acceptors (Lipinski definition) is 4. The van der Waals surface area contributed by atoms with Crippen LogP contribution in [0.15, 0.2) is 43.0 Å². The summed E-state index contributed by atoms with van der Waals surface area (Å²) in [5, 5.41) is 3.38. The van der Waals surface area contributed by atoms with Gasteiger partial charge in [0.25, 0.3) is 0 Å². The molecule has 1 aromatic heterocycles. The topological polar surface area (TPSA) is 47.0 Å². The molecule has 1 heterocycles. The summed E-state index contributed by atoms with van der Waals surface area (Å²) in [7, 11) is 1.71. The summed E-state index contributed by atoms with van der Waals surface area (Å²) in [6, 6.07) is 8.28. The Morgan fingerprint density at radius 3 is 2.50 bits per heavy atom. The smallest absolute Gasteiger partial charge is 0.115 e. The molecule has 0 spiro atoms. The first-order chi connectivity index (χ1) is 8.90. The first-order valence-corrected chi connectivity index (χ1v) is 5.90. The van der Waals surface area contributed by atoms with Crippen molar-refractivity contribution in [1.29, 1.82) is 0 Å². The van der Waals surface area contributed by atoms with Crippen LogP contribution in [-0.4, -0.2) is 17.1 Å². The molecule has 1 aromatic carbocycles. The van der Waals surface area contributed by atoms with Crippen LogP contribution in [0.1, 0.15) is 16.7 Å². The van der Waals surface area contributed by atoms with Gasteiger partial charge in [0.15, 0.2) is 0 Å². The first kappa shape index (κ1) is 12.7. The maximum atomic E-state index is 5.19. The van der Waals surface area contributed by atoms with Gasteiger partial charge in [0.2, 0.25) is 0 Å². The fourth-order valence-electron chi connectivity index (χ4n) is 1.79. The lowest BCUT2D eigenvalue weighted by molar-refractivity contribution is 0.184. The van der Waals surface area contributed by atoms with E-state index in [0.717, 1.165) is 18.7 Å². The van der Waals surface area contributed by atoms with Gasteiger partial charge in [-0.3, -0.25) is 0 Å². The number of ether oxygens (including phenoxy) is 1. The molecule has 1 N–H and O–H groups in total. The van der Waals surface area contributed by atoms with Crippen LogP contribution in [0.25, 0.3) is 0 Å². The molecular weight excluding hydrogens is 226 g/mol. The van der Waals surface area contributed by atoms with Crippen molar-refractivity contribution in [3.63, 3.8) is 0 Å². The van der Waals surface area contributed by atoms with Gasteiger partial charge < -0.3 is 10.1 Å². The van der Waals surface area contributed by atoms with E-state index in [1.807, 2.05) is 24.5 Å². The zero-order chi connectivity index (χ0) is 12.6. The van der Waals surface area contributed by atoms with Crippen molar-refractivity contribution in [2.45, 2.75) is 19.7 Å². The predicted molar refractivity (Wildman–Crippen MR) is 69.7 cm³/mol. The van der Waals surface area contributed by atoms with Crippen LogP contribution in [0.3, 0.4) is 0 Å². The Balaban J connectivity index is 1.90. The minimum Gasteiger partial charge on any atom is -0.380 e. The van der Waals surface area contributed by atoms with Crippen molar-refractivity contribution >= 4 is 0 Å². The lowest BCUT2D eigenvalue weighted by Crippen LogP contribution is -2.14. The van der Waals surface area contributed by atoms with E-state index in [2.05, 4.69) is 27.4 Å². The van der Waals surface area contributed by atoms with Crippen LogP contribution in [0.2, 0.25) is 0 Å². The normalized spacial score (nSPS) is 10.5. The molecule has 0 unspecified atom stereocenters. The average molecular weight is 243 g/mol. The molecule has 0 amide bonds. The van der Waals surface area contributed by atoms with Crippen LogP contribution in [-0.2, 0) is 24.4 Å². The van der Waals surface area contributed by atoms with Crippen molar-refractivity contribution in [3.8, 4) is 0 Å². The summed E-state index contributed by atoms with van der Waals surface area (Å²) < 4.78 is 5.19. The van der Waals surface area contributed by atoms with Crippen LogP contribution in [0, 0.1) is 0 Å². The third-order valence-electron chi connectivity index (χ3n) is 2.68. The fourth-order valence-corrected chi connectivity index (χ4v) is 1.79. The molecule has 18 heavy (non-hydrogen) atoms. The predicted octanol–water partition coefficient (Wildman–Crippen LogP) is 1.91. The van der Waals surface area contributed by atoms with Gasteiger partial charge in [0, 0.05) is 38.2 Å². The number of benzene rings is 1. The van der Waals surface area contributed by atoms with E-state index in [9.17, 15) is 0 Å². The second-order valence-corrected chi connectivity index (χ2v) is 4.05. The molecule has 0 aliphatic carbocycles. The lowest BCUT2D eigenvalue weighted by Gasteiger charge is -2.09. The van der Waals surface area contributed by atoms with Gasteiger partial charge in [-0.05, 0) is 11.1 Å².